The average molecular weight is 310 g/mol. The number of hydrogen-bond acceptors (Lipinski definition) is 3. The van der Waals surface area contributed by atoms with E-state index in [-0.39, 0.29) is 17.5 Å². The molecule has 0 heterocycles. The Balaban J connectivity index is 2.43. The van der Waals surface area contributed by atoms with Crippen LogP contribution in [-0.2, 0) is 0 Å². The number of hydrogen-bond donors (Lipinski definition) is 0. The fraction of sp³-hybridized carbons (Fsp3) is 0.300. The van der Waals surface area contributed by atoms with Crippen molar-refractivity contribution >= 4 is 11.6 Å². The summed E-state index contributed by atoms with van der Waals surface area (Å²) in [5.74, 6) is 0.255. The Labute approximate surface area is 137 Å². The topological polar surface area (TPSA) is 43.4 Å². The molecule has 0 saturated carbocycles. The first-order valence-electron chi connectivity index (χ1n) is 7.70. The molecule has 0 aromatic heterocycles. The molecular formula is C20H22O3. The van der Waals surface area contributed by atoms with Crippen molar-refractivity contribution in [3.05, 3.63) is 65.7 Å². The first kappa shape index (κ1) is 16.9. The first-order chi connectivity index (χ1) is 10.9. The van der Waals surface area contributed by atoms with Crippen LogP contribution in [0, 0.1) is 11.3 Å². The van der Waals surface area contributed by atoms with Crippen LogP contribution in [0.15, 0.2) is 54.6 Å². The lowest BCUT2D eigenvalue weighted by Gasteiger charge is -2.31. The van der Waals surface area contributed by atoms with Gasteiger partial charge in [-0.2, -0.15) is 0 Å². The number of Topliss-reactive ketones (excluding diaryl/α,β-unsaturated/α-hetero) is 2. The second-order valence-corrected chi connectivity index (χ2v) is 6.11. The normalized spacial score (nSPS) is 13.4. The minimum absolute atomic E-state index is 0.121. The SMILES string of the molecule is COc1ccc(C(=O)C(C)(C(=O)c2ccccc2)C(C)C)cc1. The fourth-order valence-corrected chi connectivity index (χ4v) is 2.56. The predicted octanol–water partition coefficient (Wildman–Crippen LogP) is 4.42. The summed E-state index contributed by atoms with van der Waals surface area (Å²) in [4.78, 5) is 26.1. The zero-order valence-electron chi connectivity index (χ0n) is 14.0. The van der Waals surface area contributed by atoms with Crippen LogP contribution in [0.25, 0.3) is 0 Å². The van der Waals surface area contributed by atoms with Crippen LogP contribution in [-0.4, -0.2) is 18.7 Å². The summed E-state index contributed by atoms with van der Waals surface area (Å²) >= 11 is 0. The van der Waals surface area contributed by atoms with Gasteiger partial charge in [-0.25, -0.2) is 0 Å². The third-order valence-electron chi connectivity index (χ3n) is 4.49. The summed E-state index contributed by atoms with van der Waals surface area (Å²) in [6.07, 6.45) is 0. The molecule has 1 atom stereocenters. The summed E-state index contributed by atoms with van der Waals surface area (Å²) in [6.45, 7) is 5.55. The van der Waals surface area contributed by atoms with Crippen molar-refractivity contribution in [1.29, 1.82) is 0 Å². The molecular weight excluding hydrogens is 288 g/mol. The van der Waals surface area contributed by atoms with E-state index in [0.29, 0.717) is 16.9 Å². The summed E-state index contributed by atoms with van der Waals surface area (Å²) in [7, 11) is 1.58. The second kappa shape index (κ2) is 6.78. The molecule has 0 spiro atoms. The van der Waals surface area contributed by atoms with E-state index in [1.165, 1.54) is 0 Å². The molecule has 0 aliphatic heterocycles. The number of ether oxygens (including phenoxy) is 1. The van der Waals surface area contributed by atoms with Crippen molar-refractivity contribution in [2.24, 2.45) is 11.3 Å². The van der Waals surface area contributed by atoms with Gasteiger partial charge >= 0.3 is 0 Å². The Morgan fingerprint density at radius 2 is 1.35 bits per heavy atom. The maximum Gasteiger partial charge on any atom is 0.176 e. The van der Waals surface area contributed by atoms with E-state index < -0.39 is 5.41 Å². The van der Waals surface area contributed by atoms with Crippen LogP contribution in [0.3, 0.4) is 0 Å². The standard InChI is InChI=1S/C20H22O3/c1-14(2)20(3,18(21)15-8-6-5-7-9-15)19(22)16-10-12-17(23-4)13-11-16/h5-14H,1-4H3. The van der Waals surface area contributed by atoms with Crippen LogP contribution in [0.2, 0.25) is 0 Å². The zero-order valence-corrected chi connectivity index (χ0v) is 14.0. The van der Waals surface area contributed by atoms with Gasteiger partial charge in [0, 0.05) is 11.1 Å². The summed E-state index contributed by atoms with van der Waals surface area (Å²) in [5.41, 5.74) is -0.0208. The smallest absolute Gasteiger partial charge is 0.176 e. The molecule has 0 N–H and O–H groups in total. The number of rotatable bonds is 6. The molecule has 2 aromatic rings. The Bertz CT molecular complexity index is 687. The van der Waals surface area contributed by atoms with Gasteiger partial charge in [-0.05, 0) is 37.1 Å². The van der Waals surface area contributed by atoms with Gasteiger partial charge in [0.15, 0.2) is 11.6 Å². The molecule has 0 aliphatic carbocycles. The van der Waals surface area contributed by atoms with E-state index in [1.807, 2.05) is 32.0 Å². The van der Waals surface area contributed by atoms with Gasteiger partial charge < -0.3 is 4.74 Å². The van der Waals surface area contributed by atoms with Crippen molar-refractivity contribution < 1.29 is 14.3 Å². The van der Waals surface area contributed by atoms with E-state index in [9.17, 15) is 9.59 Å². The van der Waals surface area contributed by atoms with Gasteiger partial charge in [0.25, 0.3) is 0 Å². The minimum Gasteiger partial charge on any atom is -0.497 e. The minimum atomic E-state index is -1.10. The zero-order chi connectivity index (χ0) is 17.0. The highest BCUT2D eigenvalue weighted by molar-refractivity contribution is 6.19. The van der Waals surface area contributed by atoms with Crippen molar-refractivity contribution in [3.8, 4) is 5.75 Å². The van der Waals surface area contributed by atoms with Crippen molar-refractivity contribution in [3.63, 3.8) is 0 Å². The molecule has 120 valence electrons. The molecule has 2 rings (SSSR count). The third kappa shape index (κ3) is 3.19. The molecule has 1 unspecified atom stereocenters. The van der Waals surface area contributed by atoms with E-state index in [0.717, 1.165) is 0 Å². The second-order valence-electron chi connectivity index (χ2n) is 6.11. The number of ketones is 2. The summed E-state index contributed by atoms with van der Waals surface area (Å²) in [5, 5.41) is 0. The number of carbonyl (C=O) groups excluding carboxylic acids is 2. The van der Waals surface area contributed by atoms with Gasteiger partial charge in [0.05, 0.1) is 12.5 Å². The molecule has 0 radical (unpaired) electrons. The van der Waals surface area contributed by atoms with Crippen LogP contribution in [0.5, 0.6) is 5.75 Å². The Morgan fingerprint density at radius 1 is 0.870 bits per heavy atom. The Kier molecular flexibility index (Phi) is 4.99. The van der Waals surface area contributed by atoms with Crippen LogP contribution in [0.4, 0.5) is 0 Å². The van der Waals surface area contributed by atoms with E-state index >= 15 is 0 Å². The molecule has 0 bridgehead atoms. The van der Waals surface area contributed by atoms with E-state index in [2.05, 4.69) is 0 Å². The molecule has 0 saturated heterocycles. The Morgan fingerprint density at radius 3 is 1.78 bits per heavy atom. The van der Waals surface area contributed by atoms with Crippen molar-refractivity contribution in [1.82, 2.24) is 0 Å². The lowest BCUT2D eigenvalue weighted by atomic mass is 9.68. The van der Waals surface area contributed by atoms with Gasteiger partial charge in [0.2, 0.25) is 0 Å². The quantitative estimate of drug-likeness (QED) is 0.586. The number of carbonyl (C=O) groups is 2. The van der Waals surface area contributed by atoms with Crippen LogP contribution < -0.4 is 4.74 Å². The lowest BCUT2D eigenvalue weighted by Crippen LogP contribution is -2.41. The van der Waals surface area contributed by atoms with Crippen molar-refractivity contribution in [2.45, 2.75) is 20.8 Å². The molecule has 0 amide bonds. The van der Waals surface area contributed by atoms with E-state index in [1.54, 1.807) is 50.4 Å². The largest absolute Gasteiger partial charge is 0.497 e. The highest BCUT2D eigenvalue weighted by Gasteiger charge is 2.44. The van der Waals surface area contributed by atoms with Crippen LogP contribution >= 0.6 is 0 Å². The van der Waals surface area contributed by atoms with Crippen LogP contribution in [0.1, 0.15) is 41.5 Å². The lowest BCUT2D eigenvalue weighted by molar-refractivity contribution is 0.0613. The molecule has 3 nitrogen and oxygen atoms in total. The van der Waals surface area contributed by atoms with Gasteiger partial charge in [-0.15, -0.1) is 0 Å². The van der Waals surface area contributed by atoms with Gasteiger partial charge in [-0.3, -0.25) is 9.59 Å². The Hall–Kier alpha value is -2.42. The average Bonchev–Trinajstić information content (AvgIpc) is 2.60. The number of benzene rings is 2. The predicted molar refractivity (Wildman–Crippen MR) is 91.0 cm³/mol. The molecule has 0 aliphatic rings. The highest BCUT2D eigenvalue weighted by atomic mass is 16.5. The summed E-state index contributed by atoms with van der Waals surface area (Å²) < 4.78 is 5.12. The maximum absolute atomic E-state index is 13.1. The molecule has 0 fully saturated rings. The molecule has 3 heteroatoms. The van der Waals surface area contributed by atoms with Gasteiger partial charge in [-0.1, -0.05) is 44.2 Å². The third-order valence-corrected chi connectivity index (χ3v) is 4.49. The van der Waals surface area contributed by atoms with Gasteiger partial charge in [0.1, 0.15) is 5.75 Å². The van der Waals surface area contributed by atoms with E-state index in [4.69, 9.17) is 4.74 Å². The molecule has 23 heavy (non-hydrogen) atoms. The highest BCUT2D eigenvalue weighted by Crippen LogP contribution is 2.35. The molecule has 2 aromatic carbocycles. The maximum atomic E-state index is 13.1. The van der Waals surface area contributed by atoms with Crippen molar-refractivity contribution in [2.75, 3.05) is 7.11 Å². The fourth-order valence-electron chi connectivity index (χ4n) is 2.56. The first-order valence-corrected chi connectivity index (χ1v) is 7.70. The number of methoxy groups -OCH3 is 1. The monoisotopic (exact) mass is 310 g/mol. The summed E-state index contributed by atoms with van der Waals surface area (Å²) in [6, 6.07) is 15.9.